The van der Waals surface area contributed by atoms with Crippen molar-refractivity contribution in [3.8, 4) is 0 Å². The second-order valence-electron chi connectivity index (χ2n) is 6.36. The Bertz CT molecular complexity index is 292. The van der Waals surface area contributed by atoms with Crippen LogP contribution in [0.4, 0.5) is 0 Å². The van der Waals surface area contributed by atoms with Gasteiger partial charge in [-0.1, -0.05) is 13.3 Å². The predicted octanol–water partition coefficient (Wildman–Crippen LogP) is 2.40. The summed E-state index contributed by atoms with van der Waals surface area (Å²) in [4.78, 5) is 14.8. The fraction of sp³-hybridized carbons (Fsp3) is 0.933. The third-order valence-corrected chi connectivity index (χ3v) is 5.12. The number of carbonyl (C=O) groups excluding carboxylic acids is 1. The highest BCUT2D eigenvalue weighted by Crippen LogP contribution is 2.32. The summed E-state index contributed by atoms with van der Waals surface area (Å²) in [6, 6.07) is 0.421. The molecular formula is C15H28N2O. The molecular weight excluding hydrogens is 224 g/mol. The average molecular weight is 252 g/mol. The maximum atomic E-state index is 12.7. The molecule has 104 valence electrons. The molecule has 18 heavy (non-hydrogen) atoms. The van der Waals surface area contributed by atoms with Crippen LogP contribution in [0.5, 0.6) is 0 Å². The van der Waals surface area contributed by atoms with Gasteiger partial charge >= 0.3 is 0 Å². The highest BCUT2D eigenvalue weighted by molar-refractivity contribution is 5.79. The molecule has 0 aromatic carbocycles. The summed E-state index contributed by atoms with van der Waals surface area (Å²) < 4.78 is 0. The molecule has 0 aromatic rings. The Morgan fingerprint density at radius 2 is 2.00 bits per heavy atom. The molecule has 1 amide bonds. The number of piperidine rings is 1. The van der Waals surface area contributed by atoms with Gasteiger partial charge in [0.2, 0.25) is 5.91 Å². The van der Waals surface area contributed by atoms with Gasteiger partial charge in [0.1, 0.15) is 0 Å². The van der Waals surface area contributed by atoms with Gasteiger partial charge in [0.25, 0.3) is 0 Å². The Morgan fingerprint density at radius 1 is 1.22 bits per heavy atom. The van der Waals surface area contributed by atoms with Crippen LogP contribution in [-0.4, -0.2) is 29.9 Å². The lowest BCUT2D eigenvalue weighted by atomic mass is 9.80. The van der Waals surface area contributed by atoms with E-state index in [0.717, 1.165) is 25.9 Å². The highest BCUT2D eigenvalue weighted by atomic mass is 16.2. The molecule has 1 aliphatic carbocycles. The molecule has 3 nitrogen and oxygen atoms in total. The lowest BCUT2D eigenvalue weighted by Gasteiger charge is -2.41. The number of hydrogen-bond acceptors (Lipinski definition) is 2. The zero-order chi connectivity index (χ0) is 13.1. The van der Waals surface area contributed by atoms with E-state index in [0.29, 0.717) is 23.8 Å². The molecule has 1 aliphatic heterocycles. The predicted molar refractivity (Wildman–Crippen MR) is 74.1 cm³/mol. The first-order valence-corrected chi connectivity index (χ1v) is 7.64. The van der Waals surface area contributed by atoms with E-state index < -0.39 is 0 Å². The summed E-state index contributed by atoms with van der Waals surface area (Å²) >= 11 is 0. The summed E-state index contributed by atoms with van der Waals surface area (Å²) in [5, 5.41) is 0. The van der Waals surface area contributed by atoms with Crippen molar-refractivity contribution in [1.29, 1.82) is 0 Å². The first kappa shape index (κ1) is 13.9. The number of likely N-dealkylation sites (tertiary alicyclic amines) is 1. The van der Waals surface area contributed by atoms with E-state index in [1.807, 2.05) is 0 Å². The standard InChI is InChI=1S/C15H28N2O/c1-11-5-4-8-17(12(11)2)15(18)14-7-3-6-13(9-14)10-16/h11-14H,3-10,16H2,1-2H3. The van der Waals surface area contributed by atoms with Crippen molar-refractivity contribution in [1.82, 2.24) is 4.90 Å². The fourth-order valence-electron chi connectivity index (χ4n) is 3.61. The molecule has 2 N–H and O–H groups in total. The molecule has 2 aliphatic rings. The fourth-order valence-corrected chi connectivity index (χ4v) is 3.61. The van der Waals surface area contributed by atoms with Gasteiger partial charge in [0.05, 0.1) is 0 Å². The summed E-state index contributed by atoms with van der Waals surface area (Å²) in [6.45, 7) is 6.20. The molecule has 4 unspecified atom stereocenters. The third-order valence-electron chi connectivity index (χ3n) is 5.12. The van der Waals surface area contributed by atoms with Crippen molar-refractivity contribution in [3.05, 3.63) is 0 Å². The average Bonchev–Trinajstić information content (AvgIpc) is 2.41. The number of nitrogens with two attached hydrogens (primary N) is 1. The Hall–Kier alpha value is -0.570. The van der Waals surface area contributed by atoms with Crippen LogP contribution < -0.4 is 5.73 Å². The molecule has 2 fully saturated rings. The Labute approximate surface area is 111 Å². The van der Waals surface area contributed by atoms with Crippen LogP contribution >= 0.6 is 0 Å². The van der Waals surface area contributed by atoms with Crippen LogP contribution in [0.25, 0.3) is 0 Å². The molecule has 3 heteroatoms. The van der Waals surface area contributed by atoms with Gasteiger partial charge < -0.3 is 10.6 Å². The smallest absolute Gasteiger partial charge is 0.225 e. The van der Waals surface area contributed by atoms with E-state index in [1.54, 1.807) is 0 Å². The third kappa shape index (κ3) is 2.87. The first-order valence-electron chi connectivity index (χ1n) is 7.64. The van der Waals surface area contributed by atoms with Gasteiger partial charge in [-0.05, 0) is 57.4 Å². The van der Waals surface area contributed by atoms with E-state index >= 15 is 0 Å². The molecule has 1 saturated carbocycles. The SMILES string of the molecule is CC1CCCN(C(=O)C2CCCC(CN)C2)C1C. The van der Waals surface area contributed by atoms with E-state index in [-0.39, 0.29) is 5.92 Å². The van der Waals surface area contributed by atoms with Crippen LogP contribution in [0.2, 0.25) is 0 Å². The number of nitrogens with zero attached hydrogens (tertiary/aromatic N) is 1. The minimum atomic E-state index is 0.250. The van der Waals surface area contributed by atoms with Crippen molar-refractivity contribution >= 4 is 5.91 Å². The van der Waals surface area contributed by atoms with Gasteiger partial charge in [0, 0.05) is 18.5 Å². The number of carbonyl (C=O) groups is 1. The lowest BCUT2D eigenvalue weighted by Crippen LogP contribution is -2.49. The van der Waals surface area contributed by atoms with Gasteiger partial charge in [-0.2, -0.15) is 0 Å². The van der Waals surface area contributed by atoms with E-state index in [4.69, 9.17) is 5.73 Å². The van der Waals surface area contributed by atoms with Crippen molar-refractivity contribution in [3.63, 3.8) is 0 Å². The van der Waals surface area contributed by atoms with Crippen molar-refractivity contribution in [2.45, 2.75) is 58.4 Å². The molecule has 0 aromatic heterocycles. The van der Waals surface area contributed by atoms with Gasteiger partial charge in [0.15, 0.2) is 0 Å². The summed E-state index contributed by atoms with van der Waals surface area (Å²) in [5.41, 5.74) is 5.77. The largest absolute Gasteiger partial charge is 0.339 e. The van der Waals surface area contributed by atoms with Gasteiger partial charge in [-0.15, -0.1) is 0 Å². The molecule has 1 heterocycles. The van der Waals surface area contributed by atoms with Crippen LogP contribution in [-0.2, 0) is 4.79 Å². The number of amides is 1. The molecule has 1 saturated heterocycles. The molecule has 0 bridgehead atoms. The first-order chi connectivity index (χ1) is 8.63. The molecule has 0 spiro atoms. The number of hydrogen-bond donors (Lipinski definition) is 1. The van der Waals surface area contributed by atoms with Gasteiger partial charge in [-0.3, -0.25) is 4.79 Å². The minimum Gasteiger partial charge on any atom is -0.339 e. The van der Waals surface area contributed by atoms with Gasteiger partial charge in [-0.25, -0.2) is 0 Å². The van der Waals surface area contributed by atoms with Crippen LogP contribution in [0.1, 0.15) is 52.4 Å². The van der Waals surface area contributed by atoms with E-state index in [1.165, 1.54) is 25.7 Å². The maximum absolute atomic E-state index is 12.7. The zero-order valence-corrected chi connectivity index (χ0v) is 11.9. The maximum Gasteiger partial charge on any atom is 0.225 e. The normalized spacial score (nSPS) is 37.6. The second-order valence-corrected chi connectivity index (χ2v) is 6.36. The second kappa shape index (κ2) is 6.05. The summed E-state index contributed by atoms with van der Waals surface area (Å²) in [5.74, 6) is 1.88. The summed E-state index contributed by atoms with van der Waals surface area (Å²) in [6.07, 6.45) is 6.92. The number of rotatable bonds is 2. The topological polar surface area (TPSA) is 46.3 Å². The lowest BCUT2D eigenvalue weighted by molar-refractivity contribution is -0.141. The van der Waals surface area contributed by atoms with Crippen LogP contribution in [0, 0.1) is 17.8 Å². The Kier molecular flexibility index (Phi) is 4.66. The zero-order valence-electron chi connectivity index (χ0n) is 11.9. The van der Waals surface area contributed by atoms with E-state index in [2.05, 4.69) is 18.7 Å². The summed E-state index contributed by atoms with van der Waals surface area (Å²) in [7, 11) is 0. The van der Waals surface area contributed by atoms with E-state index in [9.17, 15) is 4.79 Å². The molecule has 2 rings (SSSR count). The van der Waals surface area contributed by atoms with Crippen molar-refractivity contribution < 1.29 is 4.79 Å². The monoisotopic (exact) mass is 252 g/mol. The quantitative estimate of drug-likeness (QED) is 0.820. The van der Waals surface area contributed by atoms with Crippen molar-refractivity contribution in [2.75, 3.05) is 13.1 Å². The Balaban J connectivity index is 1.97. The van der Waals surface area contributed by atoms with Crippen LogP contribution in [0.15, 0.2) is 0 Å². The molecule has 0 radical (unpaired) electrons. The van der Waals surface area contributed by atoms with Crippen LogP contribution in [0.3, 0.4) is 0 Å². The van der Waals surface area contributed by atoms with Crippen molar-refractivity contribution in [2.24, 2.45) is 23.5 Å². The Morgan fingerprint density at radius 3 is 2.72 bits per heavy atom. The molecule has 4 atom stereocenters. The minimum absolute atomic E-state index is 0.250. The highest BCUT2D eigenvalue weighted by Gasteiger charge is 2.34.